The van der Waals surface area contributed by atoms with Crippen LogP contribution in [0.3, 0.4) is 0 Å². The van der Waals surface area contributed by atoms with Crippen molar-refractivity contribution in [3.05, 3.63) is 64.9 Å². The van der Waals surface area contributed by atoms with Crippen LogP contribution < -0.4 is 4.74 Å². The van der Waals surface area contributed by atoms with Gasteiger partial charge in [0.15, 0.2) is 0 Å². The summed E-state index contributed by atoms with van der Waals surface area (Å²) in [5, 5.41) is 1.08. The second-order valence-corrected chi connectivity index (χ2v) is 6.12. The number of rotatable bonds is 2. The quantitative estimate of drug-likeness (QED) is 0.502. The summed E-state index contributed by atoms with van der Waals surface area (Å²) in [5.74, 6) is 1.33. The van der Waals surface area contributed by atoms with E-state index in [0.29, 0.717) is 11.3 Å². The van der Waals surface area contributed by atoms with Crippen LogP contribution in [0.4, 0.5) is 0 Å². The van der Waals surface area contributed by atoms with Gasteiger partial charge in [-0.3, -0.25) is 0 Å². The van der Waals surface area contributed by atoms with E-state index in [9.17, 15) is 4.79 Å². The minimum Gasteiger partial charge on any atom is -0.461 e. The van der Waals surface area contributed by atoms with Crippen LogP contribution in [-0.4, -0.2) is 5.97 Å². The summed E-state index contributed by atoms with van der Waals surface area (Å²) in [5.41, 5.74) is 3.84. The van der Waals surface area contributed by atoms with Crippen LogP contribution in [0.5, 0.6) is 5.75 Å². The van der Waals surface area contributed by atoms with Crippen molar-refractivity contribution in [3.63, 3.8) is 0 Å². The minimum absolute atomic E-state index is 0.332. The topological polar surface area (TPSA) is 39.4 Å². The second-order valence-electron chi connectivity index (χ2n) is 6.12. The van der Waals surface area contributed by atoms with E-state index >= 15 is 0 Å². The molecular formula is C20H18O3. The zero-order chi connectivity index (χ0) is 15.8. The molecule has 1 aromatic heterocycles. The average molecular weight is 306 g/mol. The average Bonchev–Trinajstić information content (AvgIpc) is 2.93. The van der Waals surface area contributed by atoms with Gasteiger partial charge in [0.2, 0.25) is 0 Å². The van der Waals surface area contributed by atoms with Gasteiger partial charge in [0.25, 0.3) is 0 Å². The monoisotopic (exact) mass is 306 g/mol. The van der Waals surface area contributed by atoms with Gasteiger partial charge in [0, 0.05) is 17.4 Å². The van der Waals surface area contributed by atoms with Gasteiger partial charge in [-0.15, -0.1) is 0 Å². The Balaban J connectivity index is 1.64. The zero-order valence-electron chi connectivity index (χ0n) is 13.1. The van der Waals surface area contributed by atoms with Crippen LogP contribution in [0.1, 0.15) is 40.1 Å². The van der Waals surface area contributed by atoms with Crippen LogP contribution in [0.25, 0.3) is 11.0 Å². The molecule has 0 spiro atoms. The Morgan fingerprint density at radius 1 is 1.04 bits per heavy atom. The minimum atomic E-state index is -0.332. The lowest BCUT2D eigenvalue weighted by Gasteiger charge is -2.09. The van der Waals surface area contributed by atoms with E-state index in [4.69, 9.17) is 9.15 Å². The molecule has 0 saturated carbocycles. The number of carbonyl (C=O) groups is 1. The molecule has 3 nitrogen and oxygen atoms in total. The zero-order valence-corrected chi connectivity index (χ0v) is 13.1. The third kappa shape index (κ3) is 2.63. The maximum absolute atomic E-state index is 12.2. The molecule has 0 atom stereocenters. The first-order chi connectivity index (χ1) is 11.2. The number of carbonyl (C=O) groups excluding carboxylic acids is 1. The number of aryl methyl sites for hydroxylation is 3. The highest BCUT2D eigenvalue weighted by atomic mass is 16.5. The molecule has 1 aliphatic carbocycles. The fourth-order valence-electron chi connectivity index (χ4n) is 3.16. The molecule has 1 aliphatic rings. The van der Waals surface area contributed by atoms with Gasteiger partial charge in [-0.25, -0.2) is 4.79 Å². The Morgan fingerprint density at radius 3 is 2.65 bits per heavy atom. The van der Waals surface area contributed by atoms with Crippen molar-refractivity contribution >= 4 is 16.9 Å². The molecule has 3 heteroatoms. The third-order valence-electron chi connectivity index (χ3n) is 4.42. The number of fused-ring (bicyclic) bond motifs is 3. The fourth-order valence-corrected chi connectivity index (χ4v) is 3.16. The molecule has 116 valence electrons. The van der Waals surface area contributed by atoms with E-state index in [1.807, 2.05) is 31.2 Å². The molecule has 23 heavy (non-hydrogen) atoms. The van der Waals surface area contributed by atoms with Crippen molar-refractivity contribution in [1.82, 2.24) is 0 Å². The lowest BCUT2D eigenvalue weighted by molar-refractivity contribution is 0.0735. The van der Waals surface area contributed by atoms with Crippen molar-refractivity contribution in [3.8, 4) is 5.75 Å². The molecule has 3 aromatic rings. The van der Waals surface area contributed by atoms with Crippen LogP contribution in [0, 0.1) is 6.92 Å². The molecule has 0 amide bonds. The van der Waals surface area contributed by atoms with Crippen LogP contribution in [0.2, 0.25) is 0 Å². The van der Waals surface area contributed by atoms with E-state index in [1.165, 1.54) is 18.4 Å². The molecule has 0 radical (unpaired) electrons. The van der Waals surface area contributed by atoms with Gasteiger partial charge in [0.1, 0.15) is 17.1 Å². The van der Waals surface area contributed by atoms with Crippen molar-refractivity contribution in [2.75, 3.05) is 0 Å². The molecule has 2 aromatic carbocycles. The molecule has 4 rings (SSSR count). The Morgan fingerprint density at radius 2 is 1.83 bits per heavy atom. The van der Waals surface area contributed by atoms with Crippen LogP contribution in [-0.2, 0) is 12.8 Å². The number of hydrogen-bond donors (Lipinski definition) is 0. The maximum Gasteiger partial charge on any atom is 0.343 e. The summed E-state index contributed by atoms with van der Waals surface area (Å²) in [7, 11) is 0. The normalized spacial score (nSPS) is 13.8. The van der Waals surface area contributed by atoms with Gasteiger partial charge in [-0.05, 0) is 56.5 Å². The van der Waals surface area contributed by atoms with Gasteiger partial charge < -0.3 is 9.15 Å². The van der Waals surface area contributed by atoms with Crippen molar-refractivity contribution in [1.29, 1.82) is 0 Å². The Kier molecular flexibility index (Phi) is 3.41. The first-order valence-electron chi connectivity index (χ1n) is 8.04. The number of esters is 1. The number of furan rings is 1. The van der Waals surface area contributed by atoms with E-state index < -0.39 is 0 Å². The molecule has 0 unspecified atom stereocenters. The highest BCUT2D eigenvalue weighted by Gasteiger charge is 2.18. The summed E-state index contributed by atoms with van der Waals surface area (Å²) >= 11 is 0. The highest BCUT2D eigenvalue weighted by molar-refractivity contribution is 5.92. The van der Waals surface area contributed by atoms with Crippen molar-refractivity contribution < 1.29 is 13.9 Å². The van der Waals surface area contributed by atoms with E-state index in [2.05, 4.69) is 0 Å². The first kappa shape index (κ1) is 14.1. The largest absolute Gasteiger partial charge is 0.461 e. The molecule has 0 saturated heterocycles. The van der Waals surface area contributed by atoms with Crippen LogP contribution >= 0.6 is 0 Å². The Labute approximate surface area is 134 Å². The molecule has 0 aliphatic heterocycles. The molecule has 0 N–H and O–H groups in total. The van der Waals surface area contributed by atoms with E-state index in [0.717, 1.165) is 35.1 Å². The van der Waals surface area contributed by atoms with Gasteiger partial charge in [-0.2, -0.15) is 0 Å². The molecule has 1 heterocycles. The summed E-state index contributed by atoms with van der Waals surface area (Å²) in [6.07, 6.45) is 4.41. The highest BCUT2D eigenvalue weighted by Crippen LogP contribution is 2.34. The van der Waals surface area contributed by atoms with Crippen LogP contribution in [0.15, 0.2) is 46.9 Å². The van der Waals surface area contributed by atoms with Crippen molar-refractivity contribution in [2.24, 2.45) is 0 Å². The summed E-state index contributed by atoms with van der Waals surface area (Å²) in [6, 6.07) is 13.0. The Bertz CT molecular complexity index is 872. The van der Waals surface area contributed by atoms with Gasteiger partial charge in [-0.1, -0.05) is 17.7 Å². The number of ether oxygens (including phenoxy) is 1. The first-order valence-corrected chi connectivity index (χ1v) is 8.04. The fraction of sp³-hybridized carbons (Fsp3) is 0.250. The summed E-state index contributed by atoms with van der Waals surface area (Å²) in [6.45, 7) is 1.99. The lowest BCUT2D eigenvalue weighted by Crippen LogP contribution is -2.08. The number of benzene rings is 2. The standard InChI is InChI=1S/C20H18O3/c1-13-6-8-14(9-7-13)20(21)22-15-10-11-19-17(12-15)16-4-2-3-5-18(16)23-19/h6-12H,2-5H2,1H3. The van der Waals surface area contributed by atoms with E-state index in [-0.39, 0.29) is 5.97 Å². The smallest absolute Gasteiger partial charge is 0.343 e. The third-order valence-corrected chi connectivity index (χ3v) is 4.42. The second kappa shape index (κ2) is 5.58. The predicted molar refractivity (Wildman–Crippen MR) is 89.0 cm³/mol. The van der Waals surface area contributed by atoms with Crippen molar-refractivity contribution in [2.45, 2.75) is 32.6 Å². The maximum atomic E-state index is 12.2. The lowest BCUT2D eigenvalue weighted by atomic mass is 9.96. The number of hydrogen-bond acceptors (Lipinski definition) is 3. The van der Waals surface area contributed by atoms with Gasteiger partial charge >= 0.3 is 5.97 Å². The molecule has 0 bridgehead atoms. The molecular weight excluding hydrogens is 288 g/mol. The van der Waals surface area contributed by atoms with Gasteiger partial charge in [0.05, 0.1) is 5.56 Å². The Hall–Kier alpha value is -2.55. The summed E-state index contributed by atoms with van der Waals surface area (Å²) < 4.78 is 11.4. The predicted octanol–water partition coefficient (Wildman–Crippen LogP) is 4.84. The summed E-state index contributed by atoms with van der Waals surface area (Å²) in [4.78, 5) is 12.2. The SMILES string of the molecule is Cc1ccc(C(=O)Oc2ccc3oc4c(c3c2)CCCC4)cc1. The van der Waals surface area contributed by atoms with E-state index in [1.54, 1.807) is 18.2 Å². The molecule has 0 fully saturated rings.